The number of rotatable bonds is 3. The number of aliphatic hydroxyl groups is 1. The van der Waals surface area contributed by atoms with E-state index in [1.165, 1.54) is 6.08 Å². The Labute approximate surface area is 81.1 Å². The molecule has 0 aromatic rings. The highest BCUT2D eigenvalue weighted by Crippen LogP contribution is 2.20. The van der Waals surface area contributed by atoms with Crippen molar-refractivity contribution in [3.63, 3.8) is 0 Å². The summed E-state index contributed by atoms with van der Waals surface area (Å²) in [5, 5.41) is 9.18. The second-order valence-corrected chi connectivity index (χ2v) is 3.69. The third kappa shape index (κ3) is 3.90. The SMILES string of the molecule is CC/C(O)=C(/Br)C=C(F)C(C)C. The molecule has 0 bridgehead atoms. The van der Waals surface area contributed by atoms with Gasteiger partial charge < -0.3 is 5.11 Å². The number of aliphatic hydroxyl groups excluding tert-OH is 1. The van der Waals surface area contributed by atoms with Gasteiger partial charge in [0.25, 0.3) is 0 Å². The topological polar surface area (TPSA) is 20.2 Å². The highest BCUT2D eigenvalue weighted by molar-refractivity contribution is 9.11. The summed E-state index contributed by atoms with van der Waals surface area (Å²) in [5.74, 6) is -0.199. The molecule has 0 radical (unpaired) electrons. The first kappa shape index (κ1) is 11.7. The van der Waals surface area contributed by atoms with Crippen molar-refractivity contribution < 1.29 is 9.50 Å². The Morgan fingerprint density at radius 2 is 2.08 bits per heavy atom. The quantitative estimate of drug-likeness (QED) is 0.579. The van der Waals surface area contributed by atoms with Crippen molar-refractivity contribution in [2.75, 3.05) is 0 Å². The third-order valence-electron chi connectivity index (χ3n) is 1.43. The van der Waals surface area contributed by atoms with Gasteiger partial charge >= 0.3 is 0 Å². The Hall–Kier alpha value is -0.310. The Balaban J connectivity index is 4.53. The average molecular weight is 237 g/mol. The predicted molar refractivity (Wildman–Crippen MR) is 52.9 cm³/mol. The van der Waals surface area contributed by atoms with Crippen LogP contribution in [0.5, 0.6) is 0 Å². The second kappa shape index (κ2) is 5.36. The molecule has 0 aliphatic rings. The van der Waals surface area contributed by atoms with Crippen molar-refractivity contribution in [3.05, 3.63) is 22.1 Å². The van der Waals surface area contributed by atoms with Gasteiger partial charge in [-0.1, -0.05) is 20.8 Å². The van der Waals surface area contributed by atoms with E-state index < -0.39 is 0 Å². The normalized spacial score (nSPS) is 15.0. The lowest BCUT2D eigenvalue weighted by molar-refractivity contribution is 0.393. The van der Waals surface area contributed by atoms with Crippen LogP contribution in [0.15, 0.2) is 22.1 Å². The lowest BCUT2D eigenvalue weighted by Crippen LogP contribution is -1.88. The van der Waals surface area contributed by atoms with E-state index in [-0.39, 0.29) is 17.5 Å². The number of halogens is 2. The highest BCUT2D eigenvalue weighted by atomic mass is 79.9. The summed E-state index contributed by atoms with van der Waals surface area (Å²) < 4.78 is 13.4. The molecule has 0 saturated carbocycles. The van der Waals surface area contributed by atoms with Crippen molar-refractivity contribution in [1.29, 1.82) is 0 Å². The molecule has 0 heterocycles. The molecule has 0 saturated heterocycles. The van der Waals surface area contributed by atoms with Gasteiger partial charge in [0.1, 0.15) is 11.6 Å². The molecule has 0 unspecified atom stereocenters. The average Bonchev–Trinajstić information content (AvgIpc) is 2.02. The van der Waals surface area contributed by atoms with Gasteiger partial charge in [-0.25, -0.2) is 4.39 Å². The molecule has 0 rings (SSSR count). The monoisotopic (exact) mass is 236 g/mol. The zero-order valence-corrected chi connectivity index (χ0v) is 9.15. The van der Waals surface area contributed by atoms with E-state index >= 15 is 0 Å². The van der Waals surface area contributed by atoms with Gasteiger partial charge in [-0.3, -0.25) is 0 Å². The van der Waals surface area contributed by atoms with Crippen LogP contribution in [-0.4, -0.2) is 5.11 Å². The molecule has 0 aliphatic carbocycles. The smallest absolute Gasteiger partial charge is 0.106 e. The maximum absolute atomic E-state index is 13.0. The second-order valence-electron chi connectivity index (χ2n) is 2.83. The molecule has 1 N–H and O–H groups in total. The number of allylic oxidation sites excluding steroid dienone is 4. The number of hydrogen-bond acceptors (Lipinski definition) is 1. The van der Waals surface area contributed by atoms with Gasteiger partial charge in [-0.15, -0.1) is 0 Å². The van der Waals surface area contributed by atoms with Crippen molar-refractivity contribution in [1.82, 2.24) is 0 Å². The molecule has 0 atom stereocenters. The van der Waals surface area contributed by atoms with E-state index in [1.807, 2.05) is 0 Å². The highest BCUT2D eigenvalue weighted by Gasteiger charge is 2.03. The molecule has 3 heteroatoms. The standard InChI is InChI=1S/C9H14BrFO/c1-4-9(12)7(10)5-8(11)6(2)3/h5-6,12H,4H2,1-3H3/b8-5?,9-7-. The molecule has 12 heavy (non-hydrogen) atoms. The Bertz CT molecular complexity index is 207. The fourth-order valence-electron chi connectivity index (χ4n) is 0.540. The first-order chi connectivity index (χ1) is 5.49. The van der Waals surface area contributed by atoms with Crippen LogP contribution >= 0.6 is 15.9 Å². The van der Waals surface area contributed by atoms with Crippen molar-refractivity contribution in [3.8, 4) is 0 Å². The van der Waals surface area contributed by atoms with Gasteiger partial charge in [0.15, 0.2) is 0 Å². The Morgan fingerprint density at radius 1 is 1.58 bits per heavy atom. The molecule has 0 fully saturated rings. The van der Waals surface area contributed by atoms with E-state index in [2.05, 4.69) is 15.9 Å². The third-order valence-corrected chi connectivity index (χ3v) is 2.11. The molecule has 0 spiro atoms. The van der Waals surface area contributed by atoms with E-state index in [0.29, 0.717) is 10.9 Å². The van der Waals surface area contributed by atoms with Crippen molar-refractivity contribution in [2.45, 2.75) is 27.2 Å². The van der Waals surface area contributed by atoms with Gasteiger partial charge in [-0.2, -0.15) is 0 Å². The first-order valence-electron chi connectivity index (χ1n) is 3.93. The molecule has 0 aromatic heterocycles. The van der Waals surface area contributed by atoms with Crippen LogP contribution < -0.4 is 0 Å². The largest absolute Gasteiger partial charge is 0.511 e. The summed E-state index contributed by atoms with van der Waals surface area (Å²) in [7, 11) is 0. The van der Waals surface area contributed by atoms with Crippen LogP contribution in [-0.2, 0) is 0 Å². The molecule has 0 amide bonds. The Kier molecular flexibility index (Phi) is 5.22. The van der Waals surface area contributed by atoms with Crippen LogP contribution in [0, 0.1) is 5.92 Å². The molecule has 0 aliphatic heterocycles. The maximum atomic E-state index is 13.0. The fourth-order valence-corrected chi connectivity index (χ4v) is 1.04. The van der Waals surface area contributed by atoms with E-state index in [0.717, 1.165) is 0 Å². The van der Waals surface area contributed by atoms with Crippen LogP contribution in [0.25, 0.3) is 0 Å². The van der Waals surface area contributed by atoms with Gasteiger partial charge in [-0.05, 0) is 22.0 Å². The van der Waals surface area contributed by atoms with Crippen molar-refractivity contribution >= 4 is 15.9 Å². The lowest BCUT2D eigenvalue weighted by Gasteiger charge is -2.01. The molecular formula is C9H14BrFO. The molecule has 70 valence electrons. The van der Waals surface area contributed by atoms with Gasteiger partial charge in [0.2, 0.25) is 0 Å². The molecule has 0 aromatic carbocycles. The summed E-state index contributed by atoms with van der Waals surface area (Å²) in [5.41, 5.74) is 0. The minimum atomic E-state index is -0.234. The summed E-state index contributed by atoms with van der Waals surface area (Å²) in [6.45, 7) is 5.32. The molecule has 1 nitrogen and oxygen atoms in total. The zero-order chi connectivity index (χ0) is 9.72. The van der Waals surface area contributed by atoms with E-state index in [4.69, 9.17) is 0 Å². The minimum Gasteiger partial charge on any atom is -0.511 e. The number of hydrogen-bond donors (Lipinski definition) is 1. The van der Waals surface area contributed by atoms with Crippen LogP contribution in [0.3, 0.4) is 0 Å². The summed E-state index contributed by atoms with van der Waals surface area (Å²) in [6.07, 6.45) is 1.81. The van der Waals surface area contributed by atoms with E-state index in [1.54, 1.807) is 20.8 Å². The maximum Gasteiger partial charge on any atom is 0.106 e. The summed E-state index contributed by atoms with van der Waals surface area (Å²) in [4.78, 5) is 0. The fraction of sp³-hybridized carbons (Fsp3) is 0.556. The lowest BCUT2D eigenvalue weighted by atomic mass is 10.2. The zero-order valence-electron chi connectivity index (χ0n) is 7.56. The molecular weight excluding hydrogens is 223 g/mol. The van der Waals surface area contributed by atoms with Crippen LogP contribution in [0.1, 0.15) is 27.2 Å². The summed E-state index contributed by atoms with van der Waals surface area (Å²) >= 11 is 3.09. The van der Waals surface area contributed by atoms with E-state index in [9.17, 15) is 9.50 Å². The summed E-state index contributed by atoms with van der Waals surface area (Å²) in [6, 6.07) is 0. The van der Waals surface area contributed by atoms with Gasteiger partial charge in [0.05, 0.1) is 4.48 Å². The van der Waals surface area contributed by atoms with Gasteiger partial charge in [0, 0.05) is 12.3 Å². The van der Waals surface area contributed by atoms with Crippen LogP contribution in [0.4, 0.5) is 4.39 Å². The minimum absolute atomic E-state index is 0.137. The Morgan fingerprint density at radius 3 is 2.42 bits per heavy atom. The van der Waals surface area contributed by atoms with Crippen LogP contribution in [0.2, 0.25) is 0 Å². The first-order valence-corrected chi connectivity index (χ1v) is 4.73. The predicted octanol–water partition coefficient (Wildman–Crippen LogP) is 4.07. The van der Waals surface area contributed by atoms with Crippen molar-refractivity contribution in [2.24, 2.45) is 5.92 Å².